The minimum absolute atomic E-state index is 0.250. The second-order valence-electron chi connectivity index (χ2n) is 2.26. The van der Waals surface area contributed by atoms with E-state index in [4.69, 9.17) is 14.6 Å². The number of rotatable bonds is 0. The van der Waals surface area contributed by atoms with Crippen molar-refractivity contribution in [2.45, 2.75) is 25.0 Å². The molecule has 0 aromatic carbocycles. The molecule has 0 spiro atoms. The van der Waals surface area contributed by atoms with E-state index in [1.54, 1.807) is 0 Å². The van der Waals surface area contributed by atoms with Crippen molar-refractivity contribution < 1.29 is 14.6 Å². The van der Waals surface area contributed by atoms with Crippen LogP contribution in [0.4, 0.5) is 0 Å². The molecule has 2 unspecified atom stereocenters. The molecule has 1 aliphatic heterocycles. The van der Waals surface area contributed by atoms with E-state index in [0.717, 1.165) is 12.8 Å². The van der Waals surface area contributed by atoms with Gasteiger partial charge < -0.3 is 9.84 Å². The highest BCUT2D eigenvalue weighted by Crippen LogP contribution is 2.31. The van der Waals surface area contributed by atoms with Crippen LogP contribution >= 0.6 is 0 Å². The molecule has 1 heterocycles. The lowest BCUT2D eigenvalue weighted by Crippen LogP contribution is -1.94. The molecule has 0 saturated carbocycles. The van der Waals surface area contributed by atoms with Crippen molar-refractivity contribution in [2.24, 2.45) is 0 Å². The summed E-state index contributed by atoms with van der Waals surface area (Å²) in [6.45, 7) is -0.250. The summed E-state index contributed by atoms with van der Waals surface area (Å²) < 4.78 is 5.22. The summed E-state index contributed by atoms with van der Waals surface area (Å²) in [4.78, 5) is 8.36. The summed E-state index contributed by atoms with van der Waals surface area (Å²) in [5.41, 5.74) is 0. The van der Waals surface area contributed by atoms with Gasteiger partial charge in [0, 0.05) is 0 Å². The SMILES string of the molecule is C1=CCC2OC2C1.O=CO. The number of ether oxygens (including phenoxy) is 1. The fraction of sp³-hybridized carbons (Fsp3) is 0.571. The fourth-order valence-corrected chi connectivity index (χ4v) is 1.05. The number of carboxylic acid groups (broad SMARTS) is 1. The highest BCUT2D eigenvalue weighted by Gasteiger charge is 2.37. The molecule has 2 rings (SSSR count). The standard InChI is InChI=1S/C6H8O.CH2O2/c1-2-4-6-5(3-1)7-6;2-1-3/h1-2,5-6H,3-4H2;1H,(H,2,3). The minimum Gasteiger partial charge on any atom is -0.483 e. The number of hydrogen-bond donors (Lipinski definition) is 1. The first kappa shape index (κ1) is 7.28. The molecule has 1 aliphatic carbocycles. The van der Waals surface area contributed by atoms with Crippen molar-refractivity contribution in [1.82, 2.24) is 0 Å². The van der Waals surface area contributed by atoms with Gasteiger partial charge in [0.1, 0.15) is 0 Å². The van der Waals surface area contributed by atoms with Crippen molar-refractivity contribution in [3.05, 3.63) is 12.2 Å². The van der Waals surface area contributed by atoms with Crippen LogP contribution in [0.3, 0.4) is 0 Å². The van der Waals surface area contributed by atoms with Crippen LogP contribution in [0.15, 0.2) is 12.2 Å². The van der Waals surface area contributed by atoms with Gasteiger partial charge in [-0.05, 0) is 12.8 Å². The van der Waals surface area contributed by atoms with Crippen LogP contribution < -0.4 is 0 Å². The molecular weight excluding hydrogens is 132 g/mol. The van der Waals surface area contributed by atoms with E-state index in [-0.39, 0.29) is 6.47 Å². The second kappa shape index (κ2) is 3.37. The van der Waals surface area contributed by atoms with Gasteiger partial charge in [-0.15, -0.1) is 0 Å². The maximum Gasteiger partial charge on any atom is 0.290 e. The molecule has 2 atom stereocenters. The zero-order valence-electron chi connectivity index (χ0n) is 5.56. The largest absolute Gasteiger partial charge is 0.483 e. The molecule has 0 bridgehead atoms. The van der Waals surface area contributed by atoms with Gasteiger partial charge in [0.25, 0.3) is 6.47 Å². The van der Waals surface area contributed by atoms with E-state index in [2.05, 4.69) is 12.2 Å². The Kier molecular flexibility index (Phi) is 2.45. The maximum absolute atomic E-state index is 8.36. The Bertz CT molecular complexity index is 130. The molecule has 1 N–H and O–H groups in total. The van der Waals surface area contributed by atoms with E-state index >= 15 is 0 Å². The molecule has 56 valence electrons. The predicted molar refractivity (Wildman–Crippen MR) is 35.7 cm³/mol. The third-order valence-electron chi connectivity index (χ3n) is 1.59. The quantitative estimate of drug-likeness (QED) is 0.309. The third kappa shape index (κ3) is 1.84. The molecular formula is C7H10O3. The van der Waals surface area contributed by atoms with Crippen LogP contribution in [-0.4, -0.2) is 23.8 Å². The highest BCUT2D eigenvalue weighted by molar-refractivity contribution is 5.32. The van der Waals surface area contributed by atoms with Gasteiger partial charge in [-0.2, -0.15) is 0 Å². The van der Waals surface area contributed by atoms with Crippen molar-refractivity contribution >= 4 is 6.47 Å². The minimum atomic E-state index is -0.250. The van der Waals surface area contributed by atoms with Gasteiger partial charge in [0.2, 0.25) is 0 Å². The average Bonchev–Trinajstić information content (AvgIpc) is 2.66. The first-order chi connectivity index (χ1) is 4.88. The second-order valence-corrected chi connectivity index (χ2v) is 2.26. The molecule has 0 radical (unpaired) electrons. The van der Waals surface area contributed by atoms with Gasteiger partial charge >= 0.3 is 0 Å². The van der Waals surface area contributed by atoms with Gasteiger partial charge in [-0.1, -0.05) is 12.2 Å². The maximum atomic E-state index is 8.36. The van der Waals surface area contributed by atoms with Crippen LogP contribution in [0.2, 0.25) is 0 Å². The van der Waals surface area contributed by atoms with E-state index in [1.165, 1.54) is 0 Å². The van der Waals surface area contributed by atoms with Crippen molar-refractivity contribution in [2.75, 3.05) is 0 Å². The Morgan fingerprint density at radius 2 is 1.80 bits per heavy atom. The van der Waals surface area contributed by atoms with E-state index in [1.807, 2.05) is 0 Å². The zero-order valence-corrected chi connectivity index (χ0v) is 5.56. The first-order valence-electron chi connectivity index (χ1n) is 3.26. The molecule has 0 aromatic heterocycles. The summed E-state index contributed by atoms with van der Waals surface area (Å²) >= 11 is 0. The van der Waals surface area contributed by atoms with E-state index in [9.17, 15) is 0 Å². The average molecular weight is 142 g/mol. The van der Waals surface area contributed by atoms with Crippen LogP contribution in [0.1, 0.15) is 12.8 Å². The molecule has 3 heteroatoms. The Labute approximate surface area is 59.3 Å². The first-order valence-corrected chi connectivity index (χ1v) is 3.26. The van der Waals surface area contributed by atoms with E-state index in [0.29, 0.717) is 12.2 Å². The lowest BCUT2D eigenvalue weighted by molar-refractivity contribution is -0.122. The lowest BCUT2D eigenvalue weighted by Gasteiger charge is -1.91. The summed E-state index contributed by atoms with van der Waals surface area (Å²) in [5.74, 6) is 0. The number of hydrogen-bond acceptors (Lipinski definition) is 2. The molecule has 1 fully saturated rings. The van der Waals surface area contributed by atoms with Crippen LogP contribution in [-0.2, 0) is 9.53 Å². The molecule has 10 heavy (non-hydrogen) atoms. The van der Waals surface area contributed by atoms with Crippen LogP contribution in [0.25, 0.3) is 0 Å². The van der Waals surface area contributed by atoms with Crippen molar-refractivity contribution in [3.63, 3.8) is 0 Å². The molecule has 0 aromatic rings. The summed E-state index contributed by atoms with van der Waals surface area (Å²) in [6, 6.07) is 0. The number of epoxide rings is 1. The molecule has 1 saturated heterocycles. The van der Waals surface area contributed by atoms with Crippen molar-refractivity contribution in [3.8, 4) is 0 Å². The fourth-order valence-electron chi connectivity index (χ4n) is 1.05. The van der Waals surface area contributed by atoms with Crippen LogP contribution in [0.5, 0.6) is 0 Å². The highest BCUT2D eigenvalue weighted by atomic mass is 16.6. The Morgan fingerprint density at radius 3 is 2.10 bits per heavy atom. The lowest BCUT2D eigenvalue weighted by atomic mass is 10.1. The van der Waals surface area contributed by atoms with Crippen LogP contribution in [0, 0.1) is 0 Å². The van der Waals surface area contributed by atoms with Crippen molar-refractivity contribution in [1.29, 1.82) is 0 Å². The monoisotopic (exact) mass is 142 g/mol. The van der Waals surface area contributed by atoms with E-state index < -0.39 is 0 Å². The number of carbonyl (C=O) groups is 1. The predicted octanol–water partition coefficient (Wildman–Crippen LogP) is 0.805. The third-order valence-corrected chi connectivity index (χ3v) is 1.59. The summed E-state index contributed by atoms with van der Waals surface area (Å²) in [7, 11) is 0. The molecule has 2 aliphatic rings. The van der Waals surface area contributed by atoms with Gasteiger partial charge in [0.05, 0.1) is 12.2 Å². The van der Waals surface area contributed by atoms with Gasteiger partial charge in [0.15, 0.2) is 0 Å². The van der Waals surface area contributed by atoms with Gasteiger partial charge in [-0.3, -0.25) is 4.79 Å². The van der Waals surface area contributed by atoms with Gasteiger partial charge in [-0.25, -0.2) is 0 Å². The Balaban J connectivity index is 0.000000148. The zero-order chi connectivity index (χ0) is 7.40. The summed E-state index contributed by atoms with van der Waals surface area (Å²) in [6.07, 6.45) is 7.95. The normalized spacial score (nSPS) is 33.2. The molecule has 0 amide bonds. The smallest absolute Gasteiger partial charge is 0.290 e. The Hall–Kier alpha value is -0.830. The Morgan fingerprint density at radius 1 is 1.40 bits per heavy atom. The number of fused-ring (bicyclic) bond motifs is 1. The summed E-state index contributed by atoms with van der Waals surface area (Å²) in [5, 5.41) is 6.89. The molecule has 3 nitrogen and oxygen atoms in total. The topological polar surface area (TPSA) is 49.8 Å².